The van der Waals surface area contributed by atoms with Gasteiger partial charge in [-0.2, -0.15) is 0 Å². The summed E-state index contributed by atoms with van der Waals surface area (Å²) in [5.74, 6) is -0.822. The Morgan fingerprint density at radius 1 is 1.50 bits per heavy atom. The van der Waals surface area contributed by atoms with Crippen LogP contribution in [0.2, 0.25) is 0 Å². The van der Waals surface area contributed by atoms with Crippen LogP contribution in [0.15, 0.2) is 12.1 Å². The molecule has 1 fully saturated rings. The average Bonchev–Trinajstić information content (AvgIpc) is 2.68. The molecule has 0 unspecified atom stereocenters. The Hall–Kier alpha value is -0.870. The maximum Gasteiger partial charge on any atom is 0.345 e. The number of aromatic carboxylic acids is 1. The molecule has 1 atom stereocenters. The lowest BCUT2D eigenvalue weighted by molar-refractivity contribution is 0.0702. The van der Waals surface area contributed by atoms with Crippen LogP contribution >= 0.6 is 11.3 Å². The van der Waals surface area contributed by atoms with Gasteiger partial charge in [0.1, 0.15) is 4.88 Å². The SMILES string of the molecule is O=C(O)c1ccc([C@@H]2CCCCN2)s1. The standard InChI is InChI=1S/C10H13NO2S/c12-10(13)9-5-4-8(14-9)7-3-1-2-6-11-7/h4-5,7,11H,1-3,6H2,(H,12,13)/t7-/m0/s1. The summed E-state index contributed by atoms with van der Waals surface area (Å²) < 4.78 is 0. The van der Waals surface area contributed by atoms with Crippen molar-refractivity contribution >= 4 is 17.3 Å². The largest absolute Gasteiger partial charge is 0.477 e. The third-order valence-electron chi connectivity index (χ3n) is 2.49. The van der Waals surface area contributed by atoms with Crippen LogP contribution in [0, 0.1) is 0 Å². The molecule has 1 aromatic rings. The van der Waals surface area contributed by atoms with E-state index in [1.54, 1.807) is 6.07 Å². The van der Waals surface area contributed by atoms with Crippen LogP contribution in [-0.4, -0.2) is 17.6 Å². The van der Waals surface area contributed by atoms with Gasteiger partial charge in [0.2, 0.25) is 0 Å². The van der Waals surface area contributed by atoms with Gasteiger partial charge >= 0.3 is 5.97 Å². The molecule has 3 nitrogen and oxygen atoms in total. The lowest BCUT2D eigenvalue weighted by atomic mass is 10.0. The minimum absolute atomic E-state index is 0.377. The van der Waals surface area contributed by atoms with Crippen molar-refractivity contribution in [1.82, 2.24) is 5.32 Å². The Kier molecular flexibility index (Phi) is 2.84. The quantitative estimate of drug-likeness (QED) is 0.789. The van der Waals surface area contributed by atoms with Crippen LogP contribution in [0.4, 0.5) is 0 Å². The second-order valence-corrected chi connectivity index (χ2v) is 4.63. The summed E-state index contributed by atoms with van der Waals surface area (Å²) in [4.78, 5) is 12.3. The van der Waals surface area contributed by atoms with E-state index in [9.17, 15) is 4.79 Å². The van der Waals surface area contributed by atoms with Crippen molar-refractivity contribution in [3.63, 3.8) is 0 Å². The van der Waals surface area contributed by atoms with Gasteiger partial charge in [-0.15, -0.1) is 11.3 Å². The molecule has 0 amide bonds. The molecule has 76 valence electrons. The first-order chi connectivity index (χ1) is 6.77. The molecule has 0 saturated carbocycles. The van der Waals surface area contributed by atoms with Gasteiger partial charge in [0.05, 0.1) is 0 Å². The van der Waals surface area contributed by atoms with Crippen LogP contribution in [-0.2, 0) is 0 Å². The van der Waals surface area contributed by atoms with Gasteiger partial charge in [-0.25, -0.2) is 4.79 Å². The van der Waals surface area contributed by atoms with Crippen LogP contribution in [0.25, 0.3) is 0 Å². The summed E-state index contributed by atoms with van der Waals surface area (Å²) in [5.41, 5.74) is 0. The lowest BCUT2D eigenvalue weighted by Crippen LogP contribution is -2.25. The lowest BCUT2D eigenvalue weighted by Gasteiger charge is -2.22. The van der Waals surface area contributed by atoms with E-state index < -0.39 is 5.97 Å². The second kappa shape index (κ2) is 4.11. The number of thiophene rings is 1. The maximum absolute atomic E-state index is 10.7. The van der Waals surface area contributed by atoms with Gasteiger partial charge < -0.3 is 10.4 Å². The molecular formula is C10H13NO2S. The predicted molar refractivity (Wildman–Crippen MR) is 55.9 cm³/mol. The molecule has 1 aromatic heterocycles. The Balaban J connectivity index is 2.11. The summed E-state index contributed by atoms with van der Waals surface area (Å²) in [7, 11) is 0. The average molecular weight is 211 g/mol. The Bertz CT molecular complexity index is 329. The topological polar surface area (TPSA) is 49.3 Å². The molecule has 1 aliphatic rings. The van der Waals surface area contributed by atoms with Crippen molar-refractivity contribution in [2.45, 2.75) is 25.3 Å². The fraction of sp³-hybridized carbons (Fsp3) is 0.500. The minimum Gasteiger partial charge on any atom is -0.477 e. The van der Waals surface area contributed by atoms with Crippen molar-refractivity contribution in [3.8, 4) is 0 Å². The first-order valence-electron chi connectivity index (χ1n) is 4.84. The highest BCUT2D eigenvalue weighted by molar-refractivity contribution is 7.14. The Labute approximate surface area is 86.8 Å². The molecular weight excluding hydrogens is 198 g/mol. The molecule has 0 aliphatic carbocycles. The van der Waals surface area contributed by atoms with Gasteiger partial charge in [0, 0.05) is 10.9 Å². The van der Waals surface area contributed by atoms with Gasteiger partial charge in [-0.3, -0.25) is 0 Å². The second-order valence-electron chi connectivity index (χ2n) is 3.51. The monoisotopic (exact) mass is 211 g/mol. The Morgan fingerprint density at radius 2 is 2.36 bits per heavy atom. The fourth-order valence-corrected chi connectivity index (χ4v) is 2.71. The van der Waals surface area contributed by atoms with E-state index in [1.165, 1.54) is 24.2 Å². The van der Waals surface area contributed by atoms with E-state index in [1.807, 2.05) is 6.07 Å². The van der Waals surface area contributed by atoms with Crippen LogP contribution in [0.5, 0.6) is 0 Å². The zero-order valence-electron chi connectivity index (χ0n) is 7.82. The Morgan fingerprint density at radius 3 is 2.93 bits per heavy atom. The third-order valence-corrected chi connectivity index (χ3v) is 3.68. The van der Waals surface area contributed by atoms with Crippen molar-refractivity contribution < 1.29 is 9.90 Å². The molecule has 0 spiro atoms. The normalized spacial score (nSPS) is 22.1. The van der Waals surface area contributed by atoms with Crippen LogP contribution < -0.4 is 5.32 Å². The third kappa shape index (κ3) is 1.96. The maximum atomic E-state index is 10.7. The minimum atomic E-state index is -0.822. The van der Waals surface area contributed by atoms with Crippen LogP contribution in [0.1, 0.15) is 39.9 Å². The highest BCUT2D eigenvalue weighted by Gasteiger charge is 2.17. The van der Waals surface area contributed by atoms with Crippen LogP contribution in [0.3, 0.4) is 0 Å². The number of nitrogens with one attached hydrogen (secondary N) is 1. The molecule has 1 saturated heterocycles. The number of hydrogen-bond donors (Lipinski definition) is 2. The molecule has 14 heavy (non-hydrogen) atoms. The summed E-state index contributed by atoms with van der Waals surface area (Å²) in [6.07, 6.45) is 3.59. The molecule has 2 heterocycles. The van der Waals surface area contributed by atoms with Crippen molar-refractivity contribution in [1.29, 1.82) is 0 Å². The first kappa shape index (κ1) is 9.68. The number of rotatable bonds is 2. The predicted octanol–water partition coefficient (Wildman–Crippen LogP) is 2.26. The molecule has 2 rings (SSSR count). The van der Waals surface area contributed by atoms with E-state index in [0.717, 1.165) is 17.8 Å². The molecule has 2 N–H and O–H groups in total. The molecule has 0 radical (unpaired) electrons. The highest BCUT2D eigenvalue weighted by Crippen LogP contribution is 2.28. The molecule has 0 aromatic carbocycles. The highest BCUT2D eigenvalue weighted by atomic mass is 32.1. The van der Waals surface area contributed by atoms with E-state index >= 15 is 0 Å². The molecule has 4 heteroatoms. The van der Waals surface area contributed by atoms with E-state index in [0.29, 0.717) is 10.9 Å². The van der Waals surface area contributed by atoms with Gasteiger partial charge in [-0.05, 0) is 31.5 Å². The van der Waals surface area contributed by atoms with E-state index in [-0.39, 0.29) is 0 Å². The number of hydrogen-bond acceptors (Lipinski definition) is 3. The van der Waals surface area contributed by atoms with Crippen molar-refractivity contribution in [2.24, 2.45) is 0 Å². The van der Waals surface area contributed by atoms with E-state index in [4.69, 9.17) is 5.11 Å². The van der Waals surface area contributed by atoms with E-state index in [2.05, 4.69) is 5.32 Å². The molecule has 0 bridgehead atoms. The fourth-order valence-electron chi connectivity index (χ4n) is 1.75. The number of piperidine rings is 1. The summed E-state index contributed by atoms with van der Waals surface area (Å²) >= 11 is 1.39. The van der Waals surface area contributed by atoms with Gasteiger partial charge in [0.25, 0.3) is 0 Å². The first-order valence-corrected chi connectivity index (χ1v) is 5.65. The smallest absolute Gasteiger partial charge is 0.345 e. The number of carboxylic acids is 1. The zero-order chi connectivity index (χ0) is 9.97. The van der Waals surface area contributed by atoms with Crippen molar-refractivity contribution in [2.75, 3.05) is 6.54 Å². The number of carboxylic acid groups (broad SMARTS) is 1. The van der Waals surface area contributed by atoms with Gasteiger partial charge in [-0.1, -0.05) is 6.42 Å². The summed E-state index contributed by atoms with van der Waals surface area (Å²) in [6, 6.07) is 4.00. The summed E-state index contributed by atoms with van der Waals surface area (Å²) in [5, 5.41) is 12.2. The summed E-state index contributed by atoms with van der Waals surface area (Å²) in [6.45, 7) is 1.05. The number of carbonyl (C=O) groups is 1. The van der Waals surface area contributed by atoms with Gasteiger partial charge in [0.15, 0.2) is 0 Å². The molecule has 1 aliphatic heterocycles. The van der Waals surface area contributed by atoms with Crippen molar-refractivity contribution in [3.05, 3.63) is 21.9 Å². The zero-order valence-corrected chi connectivity index (χ0v) is 8.64.